The van der Waals surface area contributed by atoms with Crippen molar-refractivity contribution in [2.75, 3.05) is 6.54 Å². The largest absolute Gasteiger partial charge is 0.338 e. The second kappa shape index (κ2) is 7.03. The second-order valence-corrected chi connectivity index (χ2v) is 6.28. The molecular formula is C17H25FN2O. The van der Waals surface area contributed by atoms with Gasteiger partial charge in [0.15, 0.2) is 0 Å². The van der Waals surface area contributed by atoms with Gasteiger partial charge in [-0.2, -0.15) is 0 Å². The summed E-state index contributed by atoms with van der Waals surface area (Å²) < 4.78 is 13.9. The molecule has 0 radical (unpaired) electrons. The Balaban J connectivity index is 2.09. The molecule has 1 amide bonds. The number of carbonyl (C=O) groups is 1. The molecule has 1 unspecified atom stereocenters. The Hall–Kier alpha value is -1.42. The first-order valence-electron chi connectivity index (χ1n) is 7.76. The maximum absolute atomic E-state index is 13.9. The number of hydrogen-bond acceptors (Lipinski definition) is 2. The molecular weight excluding hydrogens is 267 g/mol. The predicted molar refractivity (Wildman–Crippen MR) is 81.9 cm³/mol. The zero-order chi connectivity index (χ0) is 15.4. The first-order valence-corrected chi connectivity index (χ1v) is 7.76. The van der Waals surface area contributed by atoms with Crippen LogP contribution in [0, 0.1) is 17.7 Å². The molecule has 116 valence electrons. The average Bonchev–Trinajstić information content (AvgIpc) is 2.64. The second-order valence-electron chi connectivity index (χ2n) is 6.28. The molecule has 0 aromatic heterocycles. The van der Waals surface area contributed by atoms with Gasteiger partial charge in [-0.05, 0) is 42.4 Å². The van der Waals surface area contributed by atoms with Gasteiger partial charge in [-0.1, -0.05) is 19.9 Å². The lowest BCUT2D eigenvalue weighted by atomic mass is 9.89. The SMILES string of the molecule is CC(C)C1CCC(=O)N(Cc2cc(CN)ccc2F)CC1. The van der Waals surface area contributed by atoms with Crippen LogP contribution in [0.15, 0.2) is 18.2 Å². The third kappa shape index (κ3) is 4.03. The summed E-state index contributed by atoms with van der Waals surface area (Å²) in [6.07, 6.45) is 2.51. The first-order chi connectivity index (χ1) is 10.0. The predicted octanol–water partition coefficient (Wildman–Crippen LogP) is 3.07. The number of rotatable bonds is 4. The first kappa shape index (κ1) is 16.0. The van der Waals surface area contributed by atoms with Crippen molar-refractivity contribution in [1.29, 1.82) is 0 Å². The van der Waals surface area contributed by atoms with Crippen molar-refractivity contribution < 1.29 is 9.18 Å². The fourth-order valence-corrected chi connectivity index (χ4v) is 2.97. The molecule has 1 atom stereocenters. The number of halogens is 1. The number of nitrogens with two attached hydrogens (primary N) is 1. The van der Waals surface area contributed by atoms with Gasteiger partial charge in [-0.15, -0.1) is 0 Å². The molecule has 1 aliphatic heterocycles. The highest BCUT2D eigenvalue weighted by Crippen LogP contribution is 2.26. The van der Waals surface area contributed by atoms with Gasteiger partial charge in [0.2, 0.25) is 5.91 Å². The quantitative estimate of drug-likeness (QED) is 0.927. The summed E-state index contributed by atoms with van der Waals surface area (Å²) in [7, 11) is 0. The molecule has 0 aliphatic carbocycles. The topological polar surface area (TPSA) is 46.3 Å². The number of amides is 1. The van der Waals surface area contributed by atoms with Gasteiger partial charge in [-0.25, -0.2) is 4.39 Å². The third-order valence-corrected chi connectivity index (χ3v) is 4.50. The highest BCUT2D eigenvalue weighted by atomic mass is 19.1. The summed E-state index contributed by atoms with van der Waals surface area (Å²) in [6, 6.07) is 4.90. The van der Waals surface area contributed by atoms with Crippen molar-refractivity contribution in [3.63, 3.8) is 0 Å². The molecule has 0 saturated carbocycles. The van der Waals surface area contributed by atoms with Crippen molar-refractivity contribution in [3.05, 3.63) is 35.1 Å². The monoisotopic (exact) mass is 292 g/mol. The summed E-state index contributed by atoms with van der Waals surface area (Å²) in [6.45, 7) is 5.86. The van der Waals surface area contributed by atoms with Crippen LogP contribution in [-0.4, -0.2) is 17.4 Å². The van der Waals surface area contributed by atoms with Gasteiger partial charge >= 0.3 is 0 Å². The van der Waals surface area contributed by atoms with Crippen LogP contribution in [0.4, 0.5) is 4.39 Å². The van der Waals surface area contributed by atoms with Crippen LogP contribution in [0.2, 0.25) is 0 Å². The van der Waals surface area contributed by atoms with E-state index in [1.54, 1.807) is 17.0 Å². The van der Waals surface area contributed by atoms with E-state index in [-0.39, 0.29) is 11.7 Å². The van der Waals surface area contributed by atoms with E-state index in [4.69, 9.17) is 5.73 Å². The van der Waals surface area contributed by atoms with Crippen LogP contribution in [0.5, 0.6) is 0 Å². The minimum Gasteiger partial charge on any atom is -0.338 e. The molecule has 2 rings (SSSR count). The lowest BCUT2D eigenvalue weighted by molar-refractivity contribution is -0.131. The van der Waals surface area contributed by atoms with Gasteiger partial charge in [0.25, 0.3) is 0 Å². The van der Waals surface area contributed by atoms with Gasteiger partial charge in [0, 0.05) is 31.6 Å². The minimum absolute atomic E-state index is 0.135. The average molecular weight is 292 g/mol. The molecule has 21 heavy (non-hydrogen) atoms. The van der Waals surface area contributed by atoms with Crippen molar-refractivity contribution in [3.8, 4) is 0 Å². The van der Waals surface area contributed by atoms with E-state index < -0.39 is 0 Å². The highest BCUT2D eigenvalue weighted by Gasteiger charge is 2.24. The van der Waals surface area contributed by atoms with Crippen LogP contribution in [0.1, 0.15) is 44.2 Å². The van der Waals surface area contributed by atoms with E-state index in [0.29, 0.717) is 43.5 Å². The van der Waals surface area contributed by atoms with Crippen molar-refractivity contribution in [2.24, 2.45) is 17.6 Å². The van der Waals surface area contributed by atoms with E-state index in [2.05, 4.69) is 13.8 Å². The zero-order valence-corrected chi connectivity index (χ0v) is 12.9. The Labute approximate surface area is 126 Å². The molecule has 2 N–H and O–H groups in total. The van der Waals surface area contributed by atoms with E-state index in [1.165, 1.54) is 6.07 Å². The van der Waals surface area contributed by atoms with Crippen LogP contribution >= 0.6 is 0 Å². The Bertz CT molecular complexity index is 502. The summed E-state index contributed by atoms with van der Waals surface area (Å²) in [5, 5.41) is 0. The molecule has 1 heterocycles. The van der Waals surface area contributed by atoms with E-state index in [9.17, 15) is 9.18 Å². The smallest absolute Gasteiger partial charge is 0.222 e. The molecule has 0 spiro atoms. The Morgan fingerprint density at radius 3 is 2.81 bits per heavy atom. The molecule has 0 bridgehead atoms. The number of benzene rings is 1. The Morgan fingerprint density at radius 2 is 2.14 bits per heavy atom. The molecule has 1 aliphatic rings. The molecule has 3 nitrogen and oxygen atoms in total. The number of carbonyl (C=O) groups excluding carboxylic acids is 1. The molecule has 1 aromatic carbocycles. The molecule has 1 fully saturated rings. The fourth-order valence-electron chi connectivity index (χ4n) is 2.97. The van der Waals surface area contributed by atoms with Crippen LogP contribution in [0.25, 0.3) is 0 Å². The summed E-state index contributed by atoms with van der Waals surface area (Å²) in [5.74, 6) is 1.05. The standard InChI is InChI=1S/C17H25FN2O/c1-12(2)14-4-6-17(21)20(8-7-14)11-15-9-13(10-19)3-5-16(15)18/h3,5,9,12,14H,4,6-8,10-11,19H2,1-2H3. The van der Waals surface area contributed by atoms with Crippen LogP contribution in [-0.2, 0) is 17.9 Å². The fraction of sp³-hybridized carbons (Fsp3) is 0.588. The number of likely N-dealkylation sites (tertiary alicyclic amines) is 1. The summed E-state index contributed by atoms with van der Waals surface area (Å²) >= 11 is 0. The van der Waals surface area contributed by atoms with Gasteiger partial charge in [-0.3, -0.25) is 4.79 Å². The van der Waals surface area contributed by atoms with E-state index in [0.717, 1.165) is 18.4 Å². The van der Waals surface area contributed by atoms with Crippen molar-refractivity contribution >= 4 is 5.91 Å². The maximum Gasteiger partial charge on any atom is 0.222 e. The van der Waals surface area contributed by atoms with Crippen molar-refractivity contribution in [2.45, 2.75) is 46.2 Å². The Kier molecular flexibility index (Phi) is 5.34. The molecule has 4 heteroatoms. The number of nitrogens with zero attached hydrogens (tertiary/aromatic N) is 1. The zero-order valence-electron chi connectivity index (χ0n) is 12.9. The summed E-state index contributed by atoms with van der Waals surface area (Å²) in [5.41, 5.74) is 7.06. The van der Waals surface area contributed by atoms with Gasteiger partial charge < -0.3 is 10.6 Å². The maximum atomic E-state index is 13.9. The number of hydrogen-bond donors (Lipinski definition) is 1. The Morgan fingerprint density at radius 1 is 1.38 bits per heavy atom. The lowest BCUT2D eigenvalue weighted by Gasteiger charge is -2.22. The van der Waals surface area contributed by atoms with E-state index in [1.807, 2.05) is 0 Å². The molecule has 1 saturated heterocycles. The van der Waals surface area contributed by atoms with Crippen LogP contribution in [0.3, 0.4) is 0 Å². The highest BCUT2D eigenvalue weighted by molar-refractivity contribution is 5.76. The van der Waals surface area contributed by atoms with Gasteiger partial charge in [0.1, 0.15) is 5.82 Å². The van der Waals surface area contributed by atoms with Crippen LogP contribution < -0.4 is 5.73 Å². The third-order valence-electron chi connectivity index (χ3n) is 4.50. The normalized spacial score (nSPS) is 20.0. The summed E-state index contributed by atoms with van der Waals surface area (Å²) in [4.78, 5) is 14.0. The lowest BCUT2D eigenvalue weighted by Crippen LogP contribution is -2.30. The molecule has 1 aromatic rings. The van der Waals surface area contributed by atoms with Gasteiger partial charge in [0.05, 0.1) is 0 Å². The van der Waals surface area contributed by atoms with E-state index >= 15 is 0 Å². The minimum atomic E-state index is -0.260. The van der Waals surface area contributed by atoms with Crippen molar-refractivity contribution in [1.82, 2.24) is 4.90 Å².